The van der Waals surface area contributed by atoms with Crippen molar-refractivity contribution < 1.29 is 4.79 Å². The Morgan fingerprint density at radius 2 is 1.89 bits per heavy atom. The number of hydrogen-bond donors (Lipinski definition) is 0. The van der Waals surface area contributed by atoms with Crippen LogP contribution in [0.15, 0.2) is 54.9 Å². The minimum absolute atomic E-state index is 0.0681. The Labute approximate surface area is 157 Å². The summed E-state index contributed by atoms with van der Waals surface area (Å²) in [6.45, 7) is 3.63. The zero-order valence-corrected chi connectivity index (χ0v) is 14.9. The van der Waals surface area contributed by atoms with Gasteiger partial charge in [-0.2, -0.15) is 0 Å². The van der Waals surface area contributed by atoms with E-state index in [4.69, 9.17) is 0 Å². The van der Waals surface area contributed by atoms with Crippen LogP contribution in [0.3, 0.4) is 0 Å². The van der Waals surface area contributed by atoms with Crippen molar-refractivity contribution in [3.8, 4) is 5.69 Å². The third-order valence-corrected chi connectivity index (χ3v) is 5.53. The largest absolute Gasteiger partial charge is 0.335 e. The third-order valence-electron chi connectivity index (χ3n) is 5.53. The van der Waals surface area contributed by atoms with E-state index < -0.39 is 0 Å². The molecule has 0 aliphatic carbocycles. The highest BCUT2D eigenvalue weighted by Crippen LogP contribution is 2.25. The maximum absolute atomic E-state index is 12.8. The van der Waals surface area contributed by atoms with Gasteiger partial charge < -0.3 is 4.90 Å². The van der Waals surface area contributed by atoms with Gasteiger partial charge in [-0.15, -0.1) is 5.10 Å². The van der Waals surface area contributed by atoms with Gasteiger partial charge in [0.2, 0.25) is 0 Å². The van der Waals surface area contributed by atoms with Crippen LogP contribution in [-0.2, 0) is 13.0 Å². The molecule has 3 heterocycles. The Morgan fingerprint density at radius 1 is 1.04 bits per heavy atom. The molecular weight excluding hydrogens is 340 g/mol. The Bertz CT molecular complexity index is 964. The van der Waals surface area contributed by atoms with Crippen LogP contribution in [0.1, 0.15) is 21.5 Å². The Kier molecular flexibility index (Phi) is 3.94. The molecule has 27 heavy (non-hydrogen) atoms. The fraction of sp³-hybridized carbons (Fsp3) is 0.300. The van der Waals surface area contributed by atoms with E-state index in [0.29, 0.717) is 11.6 Å². The van der Waals surface area contributed by atoms with Gasteiger partial charge in [-0.3, -0.25) is 9.69 Å². The molecule has 0 spiro atoms. The van der Waals surface area contributed by atoms with Gasteiger partial charge in [0.1, 0.15) is 6.33 Å². The lowest BCUT2D eigenvalue weighted by Gasteiger charge is -2.47. The first kappa shape index (κ1) is 16.1. The van der Waals surface area contributed by atoms with Crippen LogP contribution in [-0.4, -0.2) is 61.6 Å². The summed E-state index contributed by atoms with van der Waals surface area (Å²) >= 11 is 0. The number of likely N-dealkylation sites (tertiary alicyclic amines) is 1. The summed E-state index contributed by atoms with van der Waals surface area (Å²) in [6, 6.07) is 16.5. The van der Waals surface area contributed by atoms with Crippen molar-refractivity contribution in [3.63, 3.8) is 0 Å². The molecule has 7 heteroatoms. The molecule has 5 rings (SSSR count). The average molecular weight is 360 g/mol. The molecule has 1 saturated heterocycles. The minimum Gasteiger partial charge on any atom is -0.335 e. The summed E-state index contributed by atoms with van der Waals surface area (Å²) in [5, 5.41) is 11.2. The van der Waals surface area contributed by atoms with Gasteiger partial charge in [0.25, 0.3) is 5.91 Å². The van der Waals surface area contributed by atoms with Crippen molar-refractivity contribution in [1.29, 1.82) is 0 Å². The molecule has 136 valence electrons. The molecule has 0 radical (unpaired) electrons. The summed E-state index contributed by atoms with van der Waals surface area (Å²) in [6.07, 6.45) is 2.62. The van der Waals surface area contributed by atoms with E-state index in [-0.39, 0.29) is 5.91 Å². The zero-order valence-electron chi connectivity index (χ0n) is 14.9. The van der Waals surface area contributed by atoms with Gasteiger partial charge in [0.15, 0.2) is 0 Å². The number of hydrogen-bond acceptors (Lipinski definition) is 5. The number of carbonyl (C=O) groups is 1. The Hall–Kier alpha value is -3.06. The van der Waals surface area contributed by atoms with Crippen LogP contribution in [0.2, 0.25) is 0 Å². The highest BCUT2D eigenvalue weighted by atomic mass is 16.2. The van der Waals surface area contributed by atoms with E-state index in [9.17, 15) is 4.79 Å². The second-order valence-corrected chi connectivity index (χ2v) is 7.16. The number of fused-ring (bicyclic) bond motifs is 1. The number of aromatic nitrogens is 4. The Morgan fingerprint density at radius 3 is 2.70 bits per heavy atom. The van der Waals surface area contributed by atoms with Crippen molar-refractivity contribution in [2.45, 2.75) is 19.0 Å². The first-order chi connectivity index (χ1) is 13.3. The van der Waals surface area contributed by atoms with Gasteiger partial charge in [0, 0.05) is 37.8 Å². The van der Waals surface area contributed by atoms with Gasteiger partial charge in [0.05, 0.1) is 5.69 Å². The number of tetrazole rings is 1. The first-order valence-electron chi connectivity index (χ1n) is 9.21. The summed E-state index contributed by atoms with van der Waals surface area (Å²) in [5.41, 5.74) is 4.34. The summed E-state index contributed by atoms with van der Waals surface area (Å²) in [4.78, 5) is 17.2. The summed E-state index contributed by atoms with van der Waals surface area (Å²) < 4.78 is 1.56. The van der Waals surface area contributed by atoms with Gasteiger partial charge in [-0.05, 0) is 46.2 Å². The monoisotopic (exact) mass is 360 g/mol. The normalized spacial score (nSPS) is 17.4. The average Bonchev–Trinajstić information content (AvgIpc) is 3.22. The van der Waals surface area contributed by atoms with E-state index in [1.54, 1.807) is 4.68 Å². The highest BCUT2D eigenvalue weighted by molar-refractivity contribution is 5.95. The van der Waals surface area contributed by atoms with Gasteiger partial charge >= 0.3 is 0 Å². The van der Waals surface area contributed by atoms with E-state index in [1.165, 1.54) is 17.5 Å². The van der Waals surface area contributed by atoms with Crippen molar-refractivity contribution in [2.24, 2.45) is 0 Å². The maximum Gasteiger partial charge on any atom is 0.254 e. The molecule has 2 aliphatic rings. The van der Waals surface area contributed by atoms with Crippen LogP contribution in [0, 0.1) is 0 Å². The lowest BCUT2D eigenvalue weighted by Crippen LogP contribution is -2.61. The molecule has 1 fully saturated rings. The lowest BCUT2D eigenvalue weighted by atomic mass is 9.96. The van der Waals surface area contributed by atoms with Crippen LogP contribution >= 0.6 is 0 Å². The molecule has 0 saturated carbocycles. The number of carbonyl (C=O) groups excluding carboxylic acids is 1. The molecule has 1 amide bonds. The van der Waals surface area contributed by atoms with Crippen LogP contribution in [0.5, 0.6) is 0 Å². The van der Waals surface area contributed by atoms with E-state index >= 15 is 0 Å². The molecule has 1 aromatic heterocycles. The van der Waals surface area contributed by atoms with Crippen LogP contribution in [0.25, 0.3) is 5.69 Å². The molecule has 0 N–H and O–H groups in total. The van der Waals surface area contributed by atoms with Gasteiger partial charge in [-0.25, -0.2) is 4.68 Å². The molecule has 2 aromatic carbocycles. The predicted octanol–water partition coefficient (Wildman–Crippen LogP) is 1.54. The molecule has 0 atom stereocenters. The summed E-state index contributed by atoms with van der Waals surface area (Å²) in [5.74, 6) is 0.0681. The SMILES string of the molecule is O=C(c1cccc(-n2cnnn2)c1)N1CC(N2CCc3ccccc3C2)C1. The number of amides is 1. The topological polar surface area (TPSA) is 67.2 Å². The van der Waals surface area contributed by atoms with Crippen molar-refractivity contribution in [2.75, 3.05) is 19.6 Å². The third kappa shape index (κ3) is 3.00. The second-order valence-electron chi connectivity index (χ2n) is 7.16. The number of rotatable bonds is 3. The van der Waals surface area contributed by atoms with E-state index in [1.807, 2.05) is 29.2 Å². The quantitative estimate of drug-likeness (QED) is 0.709. The van der Waals surface area contributed by atoms with Crippen molar-refractivity contribution in [3.05, 3.63) is 71.5 Å². The predicted molar refractivity (Wildman–Crippen MR) is 99.4 cm³/mol. The fourth-order valence-corrected chi connectivity index (χ4v) is 3.92. The smallest absolute Gasteiger partial charge is 0.254 e. The minimum atomic E-state index is 0.0681. The van der Waals surface area contributed by atoms with Crippen LogP contribution < -0.4 is 0 Å². The molecule has 7 nitrogen and oxygen atoms in total. The fourth-order valence-electron chi connectivity index (χ4n) is 3.92. The van der Waals surface area contributed by atoms with Crippen molar-refractivity contribution in [1.82, 2.24) is 30.0 Å². The Balaban J connectivity index is 1.24. The summed E-state index contributed by atoms with van der Waals surface area (Å²) in [7, 11) is 0. The zero-order chi connectivity index (χ0) is 18.2. The first-order valence-corrected chi connectivity index (χ1v) is 9.21. The second kappa shape index (κ2) is 6.59. The lowest BCUT2D eigenvalue weighted by molar-refractivity contribution is 0.0218. The van der Waals surface area contributed by atoms with E-state index in [0.717, 1.165) is 38.3 Å². The number of benzene rings is 2. The van der Waals surface area contributed by atoms with E-state index in [2.05, 4.69) is 44.7 Å². The molecule has 0 unspecified atom stereocenters. The maximum atomic E-state index is 12.8. The molecule has 0 bridgehead atoms. The van der Waals surface area contributed by atoms with Crippen molar-refractivity contribution >= 4 is 5.91 Å². The number of nitrogens with zero attached hydrogens (tertiary/aromatic N) is 6. The highest BCUT2D eigenvalue weighted by Gasteiger charge is 2.36. The molecule has 3 aromatic rings. The van der Waals surface area contributed by atoms with Gasteiger partial charge in [-0.1, -0.05) is 30.3 Å². The van der Waals surface area contributed by atoms with Crippen LogP contribution in [0.4, 0.5) is 0 Å². The molecule has 2 aliphatic heterocycles. The molecular formula is C20H20N6O. The standard InChI is InChI=1S/C20H20N6O/c27-20(16-6-3-7-18(10-16)26-14-21-22-23-26)25-12-19(13-25)24-9-8-15-4-1-2-5-17(15)11-24/h1-7,10,14,19H,8-9,11-13H2.